The fraction of sp³-hybridized carbons (Fsp3) is 0.773. The summed E-state index contributed by atoms with van der Waals surface area (Å²) in [6, 6.07) is 10.3. The van der Waals surface area contributed by atoms with E-state index in [9.17, 15) is 0 Å². The van der Waals surface area contributed by atoms with E-state index in [0.717, 1.165) is 69.5 Å². The third kappa shape index (κ3) is 3.67. The van der Waals surface area contributed by atoms with Gasteiger partial charge in [-0.25, -0.2) is 0 Å². The number of hydrogen-bond acceptors (Lipinski definition) is 0. The smallest absolute Gasteiger partial charge is 0.0134 e. The average molecular weight is 651 g/mol. The van der Waals surface area contributed by atoms with E-state index in [2.05, 4.69) is 62.4 Å². The van der Waals surface area contributed by atoms with Crippen LogP contribution < -0.4 is 0 Å². The zero-order chi connectivity index (χ0) is 30.5. The van der Waals surface area contributed by atoms with Gasteiger partial charge in [-0.2, -0.15) is 0 Å². The second-order valence-corrected chi connectivity index (χ2v) is 25.3. The van der Waals surface area contributed by atoms with Gasteiger partial charge in [0.05, 0.1) is 0 Å². The number of benzene rings is 1. The van der Waals surface area contributed by atoms with Crippen molar-refractivity contribution >= 4 is 15.8 Å². The molecule has 0 amide bonds. The Balaban J connectivity index is 0.969. The quantitative estimate of drug-likeness (QED) is 0.212. The van der Waals surface area contributed by atoms with Crippen LogP contribution in [0.15, 0.2) is 48.6 Å². The minimum absolute atomic E-state index is 0.00405. The first kappa shape index (κ1) is 29.3. The molecule has 0 N–H and O–H groups in total. The summed E-state index contributed by atoms with van der Waals surface area (Å²) in [6.07, 6.45) is 38.8. The van der Waals surface area contributed by atoms with Crippen LogP contribution in [-0.4, -0.2) is 20.6 Å². The lowest BCUT2D eigenvalue weighted by Crippen LogP contribution is -2.72. The molecule has 2 saturated heterocycles. The SMILES string of the molecule is CCC1CC=CC2(C1)C1C3CC4CC(C3)CC1(C4)P2Cc1ccccc1CP1C2(C=CCC(CC)C2)C2C3CC4CC(C3)CC21C4. The van der Waals surface area contributed by atoms with E-state index in [1.165, 1.54) is 38.0 Å². The predicted octanol–water partition coefficient (Wildman–Crippen LogP) is 12.3. The normalized spacial score (nSPS) is 56.2. The molecule has 8 saturated carbocycles. The van der Waals surface area contributed by atoms with E-state index in [1.807, 2.05) is 11.1 Å². The summed E-state index contributed by atoms with van der Waals surface area (Å²) in [5, 5.41) is 2.64. The van der Waals surface area contributed by atoms with Crippen molar-refractivity contribution in [3.63, 3.8) is 0 Å². The van der Waals surface area contributed by atoms with E-state index < -0.39 is 0 Å². The van der Waals surface area contributed by atoms with E-state index in [4.69, 9.17) is 0 Å². The Morgan fingerprint density at radius 3 is 1.37 bits per heavy atom. The summed E-state index contributed by atoms with van der Waals surface area (Å²) < 4.78 is 0. The van der Waals surface area contributed by atoms with Gasteiger partial charge in [0.2, 0.25) is 0 Å². The number of rotatable bonds is 6. The predicted molar refractivity (Wildman–Crippen MR) is 197 cm³/mol. The van der Waals surface area contributed by atoms with Crippen LogP contribution in [0.25, 0.3) is 0 Å². The van der Waals surface area contributed by atoms with Gasteiger partial charge in [0.25, 0.3) is 0 Å². The molecule has 2 heterocycles. The molecular weight excluding hydrogens is 590 g/mol. The summed E-state index contributed by atoms with van der Waals surface area (Å²) >= 11 is 0. The molecule has 10 aliphatic carbocycles. The maximum atomic E-state index is 2.91. The monoisotopic (exact) mass is 650 g/mol. The van der Waals surface area contributed by atoms with Crippen molar-refractivity contribution in [2.24, 2.45) is 59.2 Å². The van der Waals surface area contributed by atoms with Crippen LogP contribution in [0, 0.1) is 59.2 Å². The van der Waals surface area contributed by atoms with Gasteiger partial charge in [-0.3, -0.25) is 0 Å². The molecule has 10 fully saturated rings. The molecule has 12 aliphatic rings. The number of allylic oxidation sites excluding steroid dienone is 4. The third-order valence-electron chi connectivity index (χ3n) is 17.6. The van der Waals surface area contributed by atoms with Gasteiger partial charge in [-0.05, 0) is 183 Å². The van der Waals surface area contributed by atoms with Crippen molar-refractivity contribution in [3.05, 3.63) is 59.7 Å². The molecule has 2 heteroatoms. The number of hydrogen-bond donors (Lipinski definition) is 0. The van der Waals surface area contributed by atoms with Gasteiger partial charge in [-0.15, -0.1) is 0 Å². The Bertz CT molecular complexity index is 1330. The highest BCUT2D eigenvalue weighted by Crippen LogP contribution is 2.91. The third-order valence-corrected chi connectivity index (χ3v) is 25.6. The van der Waals surface area contributed by atoms with E-state index in [0.29, 0.717) is 10.3 Å². The van der Waals surface area contributed by atoms with Crippen molar-refractivity contribution < 1.29 is 0 Å². The van der Waals surface area contributed by atoms with E-state index >= 15 is 0 Å². The van der Waals surface area contributed by atoms with Crippen LogP contribution >= 0.6 is 15.8 Å². The lowest BCUT2D eigenvalue weighted by molar-refractivity contribution is -0.0570. The van der Waals surface area contributed by atoms with Gasteiger partial charge in [0.15, 0.2) is 0 Å². The van der Waals surface area contributed by atoms with Crippen molar-refractivity contribution in [2.45, 2.75) is 150 Å². The highest BCUT2D eigenvalue weighted by molar-refractivity contribution is 7.63. The zero-order valence-corrected chi connectivity index (χ0v) is 30.8. The Morgan fingerprint density at radius 2 is 0.978 bits per heavy atom. The second-order valence-electron chi connectivity index (χ2n) is 19.5. The van der Waals surface area contributed by atoms with Crippen LogP contribution in [-0.2, 0) is 12.3 Å². The molecule has 1 aromatic carbocycles. The molecule has 4 spiro atoms. The minimum Gasteiger partial charge on any atom is -0.0873 e. The molecule has 12 unspecified atom stereocenters. The molecule has 2 aliphatic heterocycles. The van der Waals surface area contributed by atoms with Crippen LogP contribution in [0.1, 0.15) is 128 Å². The lowest BCUT2D eigenvalue weighted by Gasteiger charge is -2.79. The van der Waals surface area contributed by atoms with Crippen molar-refractivity contribution in [3.8, 4) is 0 Å². The molecule has 46 heavy (non-hydrogen) atoms. The highest BCUT2D eigenvalue weighted by Gasteiger charge is 2.77. The van der Waals surface area contributed by atoms with E-state index in [-0.39, 0.29) is 15.8 Å². The highest BCUT2D eigenvalue weighted by atomic mass is 31.1. The molecule has 0 radical (unpaired) electrons. The summed E-state index contributed by atoms with van der Waals surface area (Å²) in [6.45, 7) is 5.00. The summed E-state index contributed by atoms with van der Waals surface area (Å²) in [7, 11) is -0.00811. The maximum Gasteiger partial charge on any atom is 0.0134 e. The largest absolute Gasteiger partial charge is 0.0873 e. The maximum absolute atomic E-state index is 2.91. The lowest BCUT2D eigenvalue weighted by atomic mass is 9.47. The van der Waals surface area contributed by atoms with Gasteiger partial charge < -0.3 is 0 Å². The van der Waals surface area contributed by atoms with Crippen molar-refractivity contribution in [1.29, 1.82) is 0 Å². The minimum atomic E-state index is -0.00405. The van der Waals surface area contributed by atoms with Gasteiger partial charge in [0, 0.05) is 10.3 Å². The second kappa shape index (κ2) is 10.1. The summed E-state index contributed by atoms with van der Waals surface area (Å²) in [4.78, 5) is 0. The van der Waals surface area contributed by atoms with Gasteiger partial charge in [0.1, 0.15) is 0 Å². The Hall–Kier alpha value is -0.440. The van der Waals surface area contributed by atoms with Crippen LogP contribution in [0.2, 0.25) is 0 Å². The summed E-state index contributed by atoms with van der Waals surface area (Å²) in [5.41, 5.74) is 3.68. The fourth-order valence-electron chi connectivity index (χ4n) is 17.0. The topological polar surface area (TPSA) is 0 Å². The van der Waals surface area contributed by atoms with Crippen molar-refractivity contribution in [2.75, 3.05) is 0 Å². The molecule has 0 nitrogen and oxygen atoms in total. The Labute approximate surface area is 283 Å². The van der Waals surface area contributed by atoms with Crippen LogP contribution in [0.5, 0.6) is 0 Å². The summed E-state index contributed by atoms with van der Waals surface area (Å²) in [5.74, 6) is 10.4. The molecule has 12 atom stereocenters. The molecular formula is C44H60P2. The first-order chi connectivity index (χ1) is 22.5. The van der Waals surface area contributed by atoms with Gasteiger partial charge >= 0.3 is 0 Å². The van der Waals surface area contributed by atoms with Crippen LogP contribution in [0.4, 0.5) is 0 Å². The molecule has 13 rings (SSSR count). The molecule has 0 aromatic heterocycles. The molecule has 246 valence electrons. The average Bonchev–Trinajstić information content (AvgIpc) is 3.05. The Kier molecular flexibility index (Phi) is 6.43. The van der Waals surface area contributed by atoms with Gasteiger partial charge in [-0.1, -0.05) is 91.1 Å². The fourth-order valence-corrected chi connectivity index (χ4v) is 27.4. The Morgan fingerprint density at radius 1 is 0.565 bits per heavy atom. The van der Waals surface area contributed by atoms with Crippen LogP contribution in [0.3, 0.4) is 0 Å². The molecule has 8 bridgehead atoms. The van der Waals surface area contributed by atoms with Crippen molar-refractivity contribution in [1.82, 2.24) is 0 Å². The standard InChI is InChI=1S/C44H60P2/c1-3-29-9-7-13-41(21-29)39-37-17-31-15-32(18-37)24-43(39,23-31)45(41)27-35-11-5-6-12-36(35)28-46-42(14-8-10-30(4-2)22-42)40-38-19-33-16-34(20-38)26-44(40,46)25-33/h5-8,11-14,29-34,37-40H,3-4,9-10,15-28H2,1-2H3. The molecule has 1 aromatic rings. The van der Waals surface area contributed by atoms with E-state index in [1.54, 1.807) is 77.0 Å². The first-order valence-corrected chi connectivity index (χ1v) is 23.5. The zero-order valence-electron chi connectivity index (χ0n) is 29.0. The first-order valence-electron chi connectivity index (χ1n) is 20.5.